The number of carbonyl (C=O) groups is 2. The zero-order chi connectivity index (χ0) is 25.5. The van der Waals surface area contributed by atoms with Crippen molar-refractivity contribution >= 4 is 11.6 Å². The predicted octanol–water partition coefficient (Wildman–Crippen LogP) is 7.29. The summed E-state index contributed by atoms with van der Waals surface area (Å²) in [7, 11) is 0. The van der Waals surface area contributed by atoms with E-state index in [-0.39, 0.29) is 11.6 Å². The van der Waals surface area contributed by atoms with E-state index in [4.69, 9.17) is 4.74 Å². The largest absolute Gasteiger partial charge is 0.494 e. The van der Waals surface area contributed by atoms with Crippen LogP contribution in [0, 0.1) is 6.92 Å². The van der Waals surface area contributed by atoms with Gasteiger partial charge in [0, 0.05) is 16.8 Å². The molecule has 4 aromatic carbocycles. The van der Waals surface area contributed by atoms with Crippen LogP contribution in [0.15, 0.2) is 103 Å². The first kappa shape index (κ1) is 22.7. The second-order valence-electron chi connectivity index (χ2n) is 9.15. The molecule has 0 bridgehead atoms. The molecule has 0 unspecified atom stereocenters. The van der Waals surface area contributed by atoms with Gasteiger partial charge in [0.2, 0.25) is 0 Å². The third kappa shape index (κ3) is 3.69. The van der Waals surface area contributed by atoms with Gasteiger partial charge in [-0.15, -0.1) is 0 Å². The number of carbonyl (C=O) groups excluding carboxylic acids is 2. The van der Waals surface area contributed by atoms with E-state index in [0.29, 0.717) is 34.6 Å². The Hall–Kier alpha value is -4.70. The molecule has 4 nitrogen and oxygen atoms in total. The maximum absolute atomic E-state index is 14.1. The van der Waals surface area contributed by atoms with E-state index in [0.717, 1.165) is 33.8 Å². The highest BCUT2D eigenvalue weighted by molar-refractivity contribution is 6.32. The average Bonchev–Trinajstić information content (AvgIpc) is 3.30. The van der Waals surface area contributed by atoms with Gasteiger partial charge in [-0.3, -0.25) is 9.59 Å². The first-order valence-electron chi connectivity index (χ1n) is 12.4. The second kappa shape index (κ2) is 9.07. The Morgan fingerprint density at radius 1 is 0.622 bits per heavy atom. The molecule has 37 heavy (non-hydrogen) atoms. The summed E-state index contributed by atoms with van der Waals surface area (Å²) in [4.78, 5) is 28.2. The van der Waals surface area contributed by atoms with E-state index in [1.165, 1.54) is 0 Å². The summed E-state index contributed by atoms with van der Waals surface area (Å²) in [6, 6.07) is 32.8. The van der Waals surface area contributed by atoms with E-state index >= 15 is 0 Å². The van der Waals surface area contributed by atoms with Crippen molar-refractivity contribution in [3.05, 3.63) is 131 Å². The molecule has 0 saturated carbocycles. The summed E-state index contributed by atoms with van der Waals surface area (Å²) in [5.74, 6) is 0.476. The van der Waals surface area contributed by atoms with Crippen LogP contribution in [0.4, 0.5) is 0 Å². The fraction of sp³-hybridized carbons (Fsp3) is 0.0909. The van der Waals surface area contributed by atoms with Crippen molar-refractivity contribution in [2.45, 2.75) is 13.8 Å². The number of aryl methyl sites for hydroxylation is 1. The fourth-order valence-corrected chi connectivity index (χ4v) is 5.13. The number of nitrogens with zero attached hydrogens (tertiary/aromatic N) is 1. The number of rotatable bonds is 5. The zero-order valence-corrected chi connectivity index (χ0v) is 20.7. The molecule has 0 spiro atoms. The van der Waals surface area contributed by atoms with Crippen LogP contribution in [0.25, 0.3) is 28.2 Å². The smallest absolute Gasteiger partial charge is 0.196 e. The fourth-order valence-electron chi connectivity index (χ4n) is 5.13. The van der Waals surface area contributed by atoms with E-state index in [9.17, 15) is 9.59 Å². The maximum atomic E-state index is 14.1. The van der Waals surface area contributed by atoms with Crippen molar-refractivity contribution in [3.63, 3.8) is 0 Å². The quantitative estimate of drug-likeness (QED) is 0.259. The molecule has 0 N–H and O–H groups in total. The second-order valence-corrected chi connectivity index (χ2v) is 9.15. The summed E-state index contributed by atoms with van der Waals surface area (Å²) in [6.07, 6.45) is 0. The average molecular weight is 484 g/mol. The third-order valence-electron chi connectivity index (χ3n) is 6.82. The van der Waals surface area contributed by atoms with Gasteiger partial charge in [0.25, 0.3) is 0 Å². The number of benzene rings is 4. The van der Waals surface area contributed by atoms with Gasteiger partial charge in [-0.05, 0) is 61.4 Å². The van der Waals surface area contributed by atoms with Gasteiger partial charge in [-0.1, -0.05) is 72.3 Å². The molecule has 0 aliphatic heterocycles. The van der Waals surface area contributed by atoms with Crippen LogP contribution in [0.5, 0.6) is 5.75 Å². The van der Waals surface area contributed by atoms with Crippen molar-refractivity contribution in [1.29, 1.82) is 0 Å². The summed E-state index contributed by atoms with van der Waals surface area (Å²) >= 11 is 0. The van der Waals surface area contributed by atoms with Crippen molar-refractivity contribution in [2.75, 3.05) is 6.61 Å². The monoisotopic (exact) mass is 483 g/mol. The molecule has 0 atom stereocenters. The lowest BCUT2D eigenvalue weighted by molar-refractivity contribution is 0.0981. The Labute approximate surface area is 215 Å². The highest BCUT2D eigenvalue weighted by Crippen LogP contribution is 2.44. The van der Waals surface area contributed by atoms with E-state index in [1.807, 2.05) is 98.8 Å². The van der Waals surface area contributed by atoms with Crippen molar-refractivity contribution in [2.24, 2.45) is 0 Å². The van der Waals surface area contributed by atoms with Crippen LogP contribution in [0.1, 0.15) is 44.3 Å². The molecule has 6 rings (SSSR count). The topological polar surface area (TPSA) is 48.3 Å². The minimum atomic E-state index is -0.142. The van der Waals surface area contributed by atoms with Gasteiger partial charge in [-0.25, -0.2) is 0 Å². The molecule has 0 amide bonds. The first-order chi connectivity index (χ1) is 18.1. The van der Waals surface area contributed by atoms with Gasteiger partial charge in [0.1, 0.15) is 5.75 Å². The van der Waals surface area contributed by atoms with Crippen LogP contribution in [-0.4, -0.2) is 22.7 Å². The standard InChI is InChI=1S/C33H25NO3/c1-3-37-25-19-15-23(16-20-25)31-29-28(32(35)26-11-7-8-12-27(26)33(29)36)30(22-9-5-4-6-10-22)34(31)24-17-13-21(2)14-18-24/h4-20H,3H2,1-2H3. The molecule has 0 fully saturated rings. The van der Waals surface area contributed by atoms with Gasteiger partial charge >= 0.3 is 0 Å². The van der Waals surface area contributed by atoms with E-state index in [1.54, 1.807) is 18.2 Å². The molecule has 5 aromatic rings. The number of hydrogen-bond acceptors (Lipinski definition) is 3. The van der Waals surface area contributed by atoms with Crippen molar-refractivity contribution in [1.82, 2.24) is 4.57 Å². The van der Waals surface area contributed by atoms with E-state index < -0.39 is 0 Å². The Kier molecular flexibility index (Phi) is 5.57. The third-order valence-corrected chi connectivity index (χ3v) is 6.82. The SMILES string of the molecule is CCOc1ccc(-c2c3c(c(-c4ccccc4)n2-c2ccc(C)cc2)C(=O)c2ccccc2C3=O)cc1. The van der Waals surface area contributed by atoms with Gasteiger partial charge in [0.05, 0.1) is 29.1 Å². The number of aromatic nitrogens is 1. The highest BCUT2D eigenvalue weighted by Gasteiger charge is 2.39. The zero-order valence-electron chi connectivity index (χ0n) is 20.7. The van der Waals surface area contributed by atoms with Crippen LogP contribution in [0.3, 0.4) is 0 Å². The summed E-state index contributed by atoms with van der Waals surface area (Å²) in [5.41, 5.74) is 6.90. The normalized spacial score (nSPS) is 12.3. The molecule has 1 aromatic heterocycles. The number of ether oxygens (including phenoxy) is 1. The molecular weight excluding hydrogens is 458 g/mol. The summed E-state index contributed by atoms with van der Waals surface area (Å²) in [6.45, 7) is 4.55. The summed E-state index contributed by atoms with van der Waals surface area (Å²) < 4.78 is 7.74. The Morgan fingerprint density at radius 3 is 1.68 bits per heavy atom. The molecule has 0 radical (unpaired) electrons. The Morgan fingerprint density at radius 2 is 1.14 bits per heavy atom. The predicted molar refractivity (Wildman–Crippen MR) is 146 cm³/mol. The van der Waals surface area contributed by atoms with Crippen LogP contribution < -0.4 is 4.74 Å². The maximum Gasteiger partial charge on any atom is 0.196 e. The van der Waals surface area contributed by atoms with Crippen LogP contribution >= 0.6 is 0 Å². The van der Waals surface area contributed by atoms with Gasteiger partial charge in [-0.2, -0.15) is 0 Å². The lowest BCUT2D eigenvalue weighted by Gasteiger charge is -2.16. The number of ketones is 2. The molecule has 1 aliphatic carbocycles. The number of hydrogen-bond donors (Lipinski definition) is 0. The van der Waals surface area contributed by atoms with Gasteiger partial charge < -0.3 is 9.30 Å². The minimum Gasteiger partial charge on any atom is -0.494 e. The molecule has 1 heterocycles. The van der Waals surface area contributed by atoms with Crippen molar-refractivity contribution < 1.29 is 14.3 Å². The minimum absolute atomic E-state index is 0.137. The molecule has 180 valence electrons. The lowest BCUT2D eigenvalue weighted by atomic mass is 9.83. The summed E-state index contributed by atoms with van der Waals surface area (Å²) in [5, 5.41) is 0. The van der Waals surface area contributed by atoms with Crippen molar-refractivity contribution in [3.8, 4) is 34.0 Å². The lowest BCUT2D eigenvalue weighted by Crippen LogP contribution is -2.20. The Balaban J connectivity index is 1.75. The first-order valence-corrected chi connectivity index (χ1v) is 12.4. The van der Waals surface area contributed by atoms with Crippen LogP contribution in [0.2, 0.25) is 0 Å². The van der Waals surface area contributed by atoms with E-state index in [2.05, 4.69) is 4.57 Å². The Bertz CT molecular complexity index is 1640. The molecule has 1 aliphatic rings. The molecule has 4 heteroatoms. The van der Waals surface area contributed by atoms with Crippen LogP contribution in [-0.2, 0) is 0 Å². The number of fused-ring (bicyclic) bond motifs is 2. The highest BCUT2D eigenvalue weighted by atomic mass is 16.5. The molecular formula is C33H25NO3. The molecule has 0 saturated heterocycles. The van der Waals surface area contributed by atoms with Gasteiger partial charge in [0.15, 0.2) is 11.6 Å².